The van der Waals surface area contributed by atoms with Crippen LogP contribution in [0.1, 0.15) is 27.0 Å². The van der Waals surface area contributed by atoms with Crippen LogP contribution in [0.3, 0.4) is 0 Å². The van der Waals surface area contributed by atoms with Crippen LogP contribution in [0.25, 0.3) is 10.2 Å². The van der Waals surface area contributed by atoms with Gasteiger partial charge in [0.15, 0.2) is 0 Å². The molecule has 0 N–H and O–H groups in total. The molecule has 7 nitrogen and oxygen atoms in total. The summed E-state index contributed by atoms with van der Waals surface area (Å²) in [5, 5.41) is 5.83. The van der Waals surface area contributed by atoms with Crippen molar-refractivity contribution in [2.45, 2.75) is 17.9 Å². The van der Waals surface area contributed by atoms with Crippen LogP contribution in [-0.4, -0.2) is 36.4 Å². The number of hydrogen-bond donors (Lipinski definition) is 0. The maximum atomic E-state index is 13.8. The van der Waals surface area contributed by atoms with Gasteiger partial charge in [-0.05, 0) is 77.7 Å². The average Bonchev–Trinajstić information content (AvgIpc) is 3.40. The number of carbonyl (C=O) groups excluding carboxylic acids is 1. The number of rotatable bonds is 6. The number of benzene rings is 4. The first-order chi connectivity index (χ1) is 19.8. The second-order valence-corrected chi connectivity index (χ2v) is 13.3. The van der Waals surface area contributed by atoms with Gasteiger partial charge < -0.3 is 0 Å². The van der Waals surface area contributed by atoms with Crippen molar-refractivity contribution in [3.63, 3.8) is 0 Å². The highest BCUT2D eigenvalue weighted by Gasteiger charge is 2.29. The summed E-state index contributed by atoms with van der Waals surface area (Å²) in [4.78, 5) is 18.3. The molecule has 1 aliphatic rings. The molecule has 41 heavy (non-hydrogen) atoms. The predicted octanol–water partition coefficient (Wildman–Crippen LogP) is 6.63. The molecule has 0 saturated carbocycles. The van der Waals surface area contributed by atoms with Crippen LogP contribution in [0.15, 0.2) is 105 Å². The van der Waals surface area contributed by atoms with E-state index in [2.05, 4.69) is 26.0 Å². The lowest BCUT2D eigenvalue weighted by atomic mass is 10.0. The van der Waals surface area contributed by atoms with Gasteiger partial charge in [-0.25, -0.2) is 17.8 Å². The molecule has 0 saturated heterocycles. The third-order valence-electron chi connectivity index (χ3n) is 6.74. The molecular weight excluding hydrogens is 627 g/mol. The van der Waals surface area contributed by atoms with Crippen molar-refractivity contribution in [1.82, 2.24) is 9.29 Å². The summed E-state index contributed by atoms with van der Waals surface area (Å²) in [5.74, 6) is -0.910. The van der Waals surface area contributed by atoms with Crippen molar-refractivity contribution in [2.75, 3.05) is 11.6 Å². The van der Waals surface area contributed by atoms with Crippen LogP contribution < -0.4 is 5.01 Å². The number of halogens is 2. The molecule has 0 unspecified atom stereocenters. The van der Waals surface area contributed by atoms with Gasteiger partial charge >= 0.3 is 0 Å². The topological polar surface area (TPSA) is 82.9 Å². The molecule has 1 aromatic heterocycles. The summed E-state index contributed by atoms with van der Waals surface area (Å²) in [5.41, 5.74) is 3.66. The first kappa shape index (κ1) is 27.4. The molecule has 0 spiro atoms. The molecule has 0 atom stereocenters. The molecular formula is C30H22BrFN4O3S2. The highest BCUT2D eigenvalue weighted by Crippen LogP contribution is 2.31. The highest BCUT2D eigenvalue weighted by molar-refractivity contribution is 9.10. The van der Waals surface area contributed by atoms with E-state index in [1.165, 1.54) is 46.9 Å². The predicted molar refractivity (Wildman–Crippen MR) is 162 cm³/mol. The van der Waals surface area contributed by atoms with Crippen molar-refractivity contribution in [1.29, 1.82) is 0 Å². The average molecular weight is 650 g/mol. The van der Waals surface area contributed by atoms with Gasteiger partial charge in [0.05, 0.1) is 21.3 Å². The minimum Gasteiger partial charge on any atom is -0.267 e. The van der Waals surface area contributed by atoms with Crippen LogP contribution in [0.5, 0.6) is 0 Å². The third kappa shape index (κ3) is 5.71. The molecule has 1 amide bonds. The van der Waals surface area contributed by atoms with Gasteiger partial charge in [-0.2, -0.15) is 14.4 Å². The smallest absolute Gasteiger partial charge is 0.267 e. The number of thiazole rings is 1. The number of anilines is 1. The van der Waals surface area contributed by atoms with Gasteiger partial charge in [-0.15, -0.1) is 0 Å². The Kier molecular flexibility index (Phi) is 7.52. The third-order valence-corrected chi connectivity index (χ3v) is 10.1. The molecule has 0 bridgehead atoms. The fraction of sp³-hybridized carbons (Fsp3) is 0.100. The number of nitrogens with zero attached hydrogens (tertiary/aromatic N) is 4. The van der Waals surface area contributed by atoms with Crippen LogP contribution >= 0.6 is 27.3 Å². The number of aromatic nitrogens is 1. The van der Waals surface area contributed by atoms with E-state index in [-0.39, 0.29) is 15.6 Å². The van der Waals surface area contributed by atoms with Gasteiger partial charge in [0, 0.05) is 23.1 Å². The van der Waals surface area contributed by atoms with E-state index < -0.39 is 21.7 Å². The summed E-state index contributed by atoms with van der Waals surface area (Å²) < 4.78 is 43.6. The van der Waals surface area contributed by atoms with Gasteiger partial charge in [-0.1, -0.05) is 63.7 Å². The van der Waals surface area contributed by atoms with E-state index in [1.54, 1.807) is 6.07 Å². The molecule has 0 radical (unpaired) electrons. The summed E-state index contributed by atoms with van der Waals surface area (Å²) in [6.07, 6.45) is 2.17. The zero-order valence-corrected chi connectivity index (χ0v) is 24.7. The second-order valence-electron chi connectivity index (χ2n) is 9.40. The zero-order chi connectivity index (χ0) is 28.6. The minimum absolute atomic E-state index is 0.105. The van der Waals surface area contributed by atoms with E-state index in [0.29, 0.717) is 29.7 Å². The standard InChI is InChI=1S/C30H22BrFN4O3S2/c31-24-9-5-20(6-10-24)18-33-36(30-34-27-14-11-25(32)17-28(27)40-30)29(37)22-7-12-26(13-8-22)41(38,39)35-16-15-21-3-1-2-4-23(21)19-35/h1-14,17-18H,15-16,19H2/b33-18+. The molecule has 2 heterocycles. The lowest BCUT2D eigenvalue weighted by Crippen LogP contribution is -2.36. The second kappa shape index (κ2) is 11.2. The number of carbonyl (C=O) groups is 1. The first-order valence-electron chi connectivity index (χ1n) is 12.6. The van der Waals surface area contributed by atoms with E-state index >= 15 is 0 Å². The van der Waals surface area contributed by atoms with E-state index in [4.69, 9.17) is 0 Å². The van der Waals surface area contributed by atoms with Crippen molar-refractivity contribution in [2.24, 2.45) is 5.10 Å². The van der Waals surface area contributed by atoms with Crippen molar-refractivity contribution in [3.05, 3.63) is 124 Å². The summed E-state index contributed by atoms with van der Waals surface area (Å²) >= 11 is 4.53. The molecule has 11 heteroatoms. The zero-order valence-electron chi connectivity index (χ0n) is 21.4. The number of amides is 1. The minimum atomic E-state index is -3.76. The van der Waals surface area contributed by atoms with Gasteiger partial charge in [-0.3, -0.25) is 4.79 Å². The Morgan fingerprint density at radius 1 is 1.00 bits per heavy atom. The van der Waals surface area contributed by atoms with Gasteiger partial charge in [0.2, 0.25) is 15.2 Å². The molecule has 206 valence electrons. The van der Waals surface area contributed by atoms with E-state index in [9.17, 15) is 17.6 Å². The number of fused-ring (bicyclic) bond motifs is 2. The molecule has 4 aromatic carbocycles. The van der Waals surface area contributed by atoms with E-state index in [1.807, 2.05) is 48.5 Å². The molecule has 6 rings (SSSR count). The summed E-state index contributed by atoms with van der Waals surface area (Å²) in [6.45, 7) is 0.687. The lowest BCUT2D eigenvalue weighted by molar-refractivity contribution is 0.0987. The summed E-state index contributed by atoms with van der Waals surface area (Å²) in [6, 6.07) is 25.2. The molecule has 5 aromatic rings. The van der Waals surface area contributed by atoms with Gasteiger partial charge in [0.1, 0.15) is 5.82 Å². The van der Waals surface area contributed by atoms with Crippen molar-refractivity contribution in [3.8, 4) is 0 Å². The van der Waals surface area contributed by atoms with Crippen molar-refractivity contribution >= 4 is 64.8 Å². The fourth-order valence-electron chi connectivity index (χ4n) is 4.55. The first-order valence-corrected chi connectivity index (χ1v) is 15.7. The van der Waals surface area contributed by atoms with Crippen LogP contribution in [0.4, 0.5) is 9.52 Å². The highest BCUT2D eigenvalue weighted by atomic mass is 79.9. The fourth-order valence-corrected chi connectivity index (χ4v) is 7.18. The quantitative estimate of drug-likeness (QED) is 0.153. The van der Waals surface area contributed by atoms with Crippen LogP contribution in [-0.2, 0) is 23.0 Å². The number of sulfonamides is 1. The Morgan fingerprint density at radius 3 is 2.49 bits per heavy atom. The maximum absolute atomic E-state index is 13.8. The number of hydrazone groups is 1. The summed E-state index contributed by atoms with van der Waals surface area (Å²) in [7, 11) is -3.76. The normalized spacial score (nSPS) is 13.9. The number of hydrogen-bond acceptors (Lipinski definition) is 6. The van der Waals surface area contributed by atoms with Crippen molar-refractivity contribution < 1.29 is 17.6 Å². The van der Waals surface area contributed by atoms with Crippen LogP contribution in [0, 0.1) is 5.82 Å². The Bertz CT molecular complexity index is 1890. The van der Waals surface area contributed by atoms with Crippen LogP contribution in [0.2, 0.25) is 0 Å². The SMILES string of the molecule is O=C(c1ccc(S(=O)(=O)N2CCc3ccccc3C2)cc1)N(/N=C/c1ccc(Br)cc1)c1nc2ccc(F)cc2s1. The molecule has 1 aliphatic heterocycles. The Labute approximate surface area is 248 Å². The lowest BCUT2D eigenvalue weighted by Gasteiger charge is -2.28. The molecule has 0 fully saturated rings. The Balaban J connectivity index is 1.30. The molecule has 0 aliphatic carbocycles. The Hall–Kier alpha value is -3.77. The Morgan fingerprint density at radius 2 is 1.73 bits per heavy atom. The monoisotopic (exact) mass is 648 g/mol. The van der Waals surface area contributed by atoms with Gasteiger partial charge in [0.25, 0.3) is 5.91 Å². The largest absolute Gasteiger partial charge is 0.280 e. The van der Waals surface area contributed by atoms with E-state index in [0.717, 1.165) is 37.5 Å². The maximum Gasteiger partial charge on any atom is 0.280 e.